The number of hydrogen-bond donors (Lipinski definition) is 2. The Labute approximate surface area is 126 Å². The SMILES string of the molecule is C[C@H](N[N-]NCc1ccccc1)c1ccccc1.[Li+]. The second kappa shape index (κ2) is 8.92. The Kier molecular flexibility index (Phi) is 7.50. The molecule has 0 unspecified atom stereocenters. The summed E-state index contributed by atoms with van der Waals surface area (Å²) < 4.78 is 0. The van der Waals surface area contributed by atoms with E-state index in [2.05, 4.69) is 47.6 Å². The van der Waals surface area contributed by atoms with Gasteiger partial charge in [-0.1, -0.05) is 60.7 Å². The van der Waals surface area contributed by atoms with Crippen LogP contribution in [0.1, 0.15) is 24.1 Å². The van der Waals surface area contributed by atoms with Gasteiger partial charge in [-0.2, -0.15) is 0 Å². The molecule has 4 heteroatoms. The summed E-state index contributed by atoms with van der Waals surface area (Å²) in [7, 11) is 0. The Morgan fingerprint density at radius 1 is 0.947 bits per heavy atom. The average molecular weight is 247 g/mol. The minimum absolute atomic E-state index is 0. The molecule has 0 fully saturated rings. The van der Waals surface area contributed by atoms with Gasteiger partial charge in [0, 0.05) is 12.6 Å². The summed E-state index contributed by atoms with van der Waals surface area (Å²) in [5.74, 6) is 0. The van der Waals surface area contributed by atoms with Gasteiger partial charge in [-0.15, -0.1) is 0 Å². The predicted octanol–water partition coefficient (Wildman–Crippen LogP) is 0.335. The van der Waals surface area contributed by atoms with Gasteiger partial charge >= 0.3 is 18.9 Å². The topological polar surface area (TPSA) is 38.2 Å². The Balaban J connectivity index is 0.00000180. The molecule has 1 atom stereocenters. The van der Waals surface area contributed by atoms with Gasteiger partial charge in [0.1, 0.15) is 0 Å². The van der Waals surface area contributed by atoms with Crippen LogP contribution in [0.15, 0.2) is 60.7 Å². The molecule has 0 heterocycles. The number of nitrogens with zero attached hydrogens (tertiary/aromatic N) is 1. The molecule has 0 aliphatic rings. The smallest absolute Gasteiger partial charge is 0.532 e. The number of nitrogens with one attached hydrogen (secondary N) is 2. The monoisotopic (exact) mass is 247 g/mol. The molecule has 0 aliphatic carbocycles. The molecule has 2 aromatic carbocycles. The van der Waals surface area contributed by atoms with Gasteiger partial charge in [0.05, 0.1) is 0 Å². The summed E-state index contributed by atoms with van der Waals surface area (Å²) in [6.07, 6.45) is 0. The van der Waals surface area contributed by atoms with Crippen molar-refractivity contribution in [3.8, 4) is 0 Å². The zero-order chi connectivity index (χ0) is 12.6. The molecule has 3 nitrogen and oxygen atoms in total. The fourth-order valence-corrected chi connectivity index (χ4v) is 1.69. The Morgan fingerprint density at radius 2 is 1.53 bits per heavy atom. The van der Waals surface area contributed by atoms with Crippen LogP contribution in [0.3, 0.4) is 0 Å². The van der Waals surface area contributed by atoms with E-state index in [0.29, 0.717) is 0 Å². The van der Waals surface area contributed by atoms with Crippen LogP contribution in [0.25, 0.3) is 5.53 Å². The summed E-state index contributed by atoms with van der Waals surface area (Å²) in [5, 5.41) is 0. The molecule has 2 aromatic rings. The average Bonchev–Trinajstić information content (AvgIpc) is 2.45. The van der Waals surface area contributed by atoms with Gasteiger partial charge < -0.3 is 16.4 Å². The van der Waals surface area contributed by atoms with Crippen LogP contribution in [0.2, 0.25) is 0 Å². The maximum absolute atomic E-state index is 4.14. The molecule has 0 spiro atoms. The van der Waals surface area contributed by atoms with Crippen molar-refractivity contribution in [1.82, 2.24) is 10.9 Å². The summed E-state index contributed by atoms with van der Waals surface area (Å²) in [6, 6.07) is 20.7. The molecule has 94 valence electrons. The van der Waals surface area contributed by atoms with E-state index in [1.807, 2.05) is 36.4 Å². The molecule has 0 saturated carbocycles. The van der Waals surface area contributed by atoms with Gasteiger partial charge in [-0.05, 0) is 18.1 Å². The maximum Gasteiger partial charge on any atom is 1.00 e. The molecule has 0 saturated heterocycles. The number of benzene rings is 2. The van der Waals surface area contributed by atoms with Crippen molar-refractivity contribution in [2.75, 3.05) is 0 Å². The van der Waals surface area contributed by atoms with Crippen LogP contribution in [0.5, 0.6) is 0 Å². The van der Waals surface area contributed by atoms with Crippen LogP contribution < -0.4 is 29.7 Å². The molecule has 0 aromatic heterocycles. The fraction of sp³-hybridized carbons (Fsp3) is 0.200. The molecule has 0 amide bonds. The molecular weight excluding hydrogens is 229 g/mol. The van der Waals surface area contributed by atoms with Crippen molar-refractivity contribution in [1.29, 1.82) is 0 Å². The molecule has 0 bridgehead atoms. The Morgan fingerprint density at radius 3 is 2.16 bits per heavy atom. The first kappa shape index (κ1) is 16.0. The van der Waals surface area contributed by atoms with E-state index in [-0.39, 0.29) is 24.9 Å². The normalized spacial score (nSPS) is 11.6. The van der Waals surface area contributed by atoms with Crippen LogP contribution in [0.4, 0.5) is 0 Å². The summed E-state index contributed by atoms with van der Waals surface area (Å²) in [6.45, 7) is 2.82. The Bertz CT molecular complexity index is 447. The first-order chi connectivity index (χ1) is 8.86. The minimum atomic E-state index is 0. The van der Waals surface area contributed by atoms with Crippen molar-refractivity contribution in [2.24, 2.45) is 0 Å². The third kappa shape index (κ3) is 5.60. The number of rotatable bonds is 6. The van der Waals surface area contributed by atoms with Gasteiger partial charge in [0.25, 0.3) is 0 Å². The van der Waals surface area contributed by atoms with Crippen LogP contribution in [0, 0.1) is 0 Å². The molecular formula is C15H18LiN3. The molecule has 19 heavy (non-hydrogen) atoms. The molecule has 2 N–H and O–H groups in total. The van der Waals surface area contributed by atoms with E-state index < -0.39 is 0 Å². The van der Waals surface area contributed by atoms with Gasteiger partial charge in [-0.3, -0.25) is 0 Å². The molecule has 2 rings (SSSR count). The van der Waals surface area contributed by atoms with E-state index >= 15 is 0 Å². The van der Waals surface area contributed by atoms with Crippen LogP contribution >= 0.6 is 0 Å². The summed E-state index contributed by atoms with van der Waals surface area (Å²) >= 11 is 0. The third-order valence-corrected chi connectivity index (χ3v) is 2.76. The maximum atomic E-state index is 4.14. The van der Waals surface area contributed by atoms with Crippen molar-refractivity contribution >= 4 is 0 Å². The van der Waals surface area contributed by atoms with Crippen LogP contribution in [-0.2, 0) is 6.54 Å². The zero-order valence-corrected chi connectivity index (χ0v) is 11.5. The number of hydrogen-bond acceptors (Lipinski definition) is 2. The molecule has 0 radical (unpaired) electrons. The minimum Gasteiger partial charge on any atom is -0.532 e. The van der Waals surface area contributed by atoms with E-state index in [1.165, 1.54) is 11.1 Å². The van der Waals surface area contributed by atoms with Crippen molar-refractivity contribution < 1.29 is 18.9 Å². The standard InChI is InChI=1S/C15H18N3.Li/c1-13(15-10-6-3-7-11-15)17-18-16-12-14-8-4-2-5-9-14;/h2-11,13,16-17H,12H2,1H3;/q-1;+1/t13-;/m0./s1. The second-order valence-electron chi connectivity index (χ2n) is 4.19. The Hall–Kier alpha value is -1.08. The van der Waals surface area contributed by atoms with E-state index in [1.54, 1.807) is 0 Å². The van der Waals surface area contributed by atoms with E-state index in [4.69, 9.17) is 0 Å². The van der Waals surface area contributed by atoms with Gasteiger partial charge in [0.15, 0.2) is 0 Å². The van der Waals surface area contributed by atoms with E-state index in [9.17, 15) is 0 Å². The molecule has 0 aliphatic heterocycles. The van der Waals surface area contributed by atoms with E-state index in [0.717, 1.165) is 6.54 Å². The van der Waals surface area contributed by atoms with Crippen molar-refractivity contribution in [3.63, 3.8) is 0 Å². The summed E-state index contributed by atoms with van der Waals surface area (Å²) in [5.41, 5.74) is 12.7. The van der Waals surface area contributed by atoms with Crippen molar-refractivity contribution in [3.05, 3.63) is 77.3 Å². The van der Waals surface area contributed by atoms with Gasteiger partial charge in [-0.25, -0.2) is 0 Å². The predicted molar refractivity (Wildman–Crippen MR) is 74.6 cm³/mol. The second-order valence-corrected chi connectivity index (χ2v) is 4.19. The largest absolute Gasteiger partial charge is 1.00 e. The van der Waals surface area contributed by atoms with Crippen molar-refractivity contribution in [2.45, 2.75) is 19.5 Å². The summed E-state index contributed by atoms with van der Waals surface area (Å²) in [4.78, 5) is 0. The van der Waals surface area contributed by atoms with Gasteiger partial charge in [0.2, 0.25) is 0 Å². The first-order valence-electron chi connectivity index (χ1n) is 6.13. The fourth-order valence-electron chi connectivity index (χ4n) is 1.69. The quantitative estimate of drug-likeness (QED) is 0.439. The third-order valence-electron chi connectivity index (χ3n) is 2.76. The zero-order valence-electron chi connectivity index (χ0n) is 11.5. The van der Waals surface area contributed by atoms with Crippen LogP contribution in [-0.4, -0.2) is 0 Å². The first-order valence-corrected chi connectivity index (χ1v) is 6.13.